The van der Waals surface area contributed by atoms with Crippen molar-refractivity contribution in [1.29, 1.82) is 0 Å². The molecule has 2 N–H and O–H groups in total. The molecule has 1 amide bonds. The third kappa shape index (κ3) is 4.10. The third-order valence-electron chi connectivity index (χ3n) is 5.38. The molecule has 1 aromatic heterocycles. The van der Waals surface area contributed by atoms with E-state index in [9.17, 15) is 4.79 Å². The number of rotatable bonds is 6. The smallest absolute Gasteiger partial charge is 0.248 e. The number of nitrogens with zero attached hydrogens (tertiary/aromatic N) is 2. The van der Waals surface area contributed by atoms with Crippen molar-refractivity contribution in [3.05, 3.63) is 41.7 Å². The van der Waals surface area contributed by atoms with E-state index in [4.69, 9.17) is 9.47 Å². The molecule has 1 unspecified atom stereocenters. The highest BCUT2D eigenvalue weighted by Crippen LogP contribution is 2.34. The van der Waals surface area contributed by atoms with Crippen LogP contribution in [0, 0.1) is 6.92 Å². The summed E-state index contributed by atoms with van der Waals surface area (Å²) in [6, 6.07) is 5.56. The van der Waals surface area contributed by atoms with Crippen LogP contribution in [0.1, 0.15) is 36.9 Å². The maximum absolute atomic E-state index is 13.3. The molecule has 2 aromatic rings. The summed E-state index contributed by atoms with van der Waals surface area (Å²) in [7, 11) is 3.23. The van der Waals surface area contributed by atoms with Crippen molar-refractivity contribution in [3.63, 3.8) is 0 Å². The van der Waals surface area contributed by atoms with Crippen LogP contribution in [0.5, 0.6) is 11.5 Å². The third-order valence-corrected chi connectivity index (χ3v) is 5.38. The molecule has 1 aliphatic heterocycles. The van der Waals surface area contributed by atoms with Crippen molar-refractivity contribution in [3.8, 4) is 11.5 Å². The Kier molecular flexibility index (Phi) is 7.32. The van der Waals surface area contributed by atoms with Gasteiger partial charge in [-0.1, -0.05) is 0 Å². The van der Waals surface area contributed by atoms with Gasteiger partial charge in [0.15, 0.2) is 11.5 Å². The fourth-order valence-electron chi connectivity index (χ4n) is 3.79. The van der Waals surface area contributed by atoms with Crippen LogP contribution in [0.4, 0.5) is 0 Å². The molecule has 8 heteroatoms. The highest BCUT2D eigenvalue weighted by Gasteiger charge is 2.42. The average molecular weight is 409 g/mol. The van der Waals surface area contributed by atoms with Gasteiger partial charge in [0, 0.05) is 12.4 Å². The maximum Gasteiger partial charge on any atom is 0.248 e. The number of aromatic nitrogens is 2. The predicted octanol–water partition coefficient (Wildman–Crippen LogP) is 2.59. The van der Waals surface area contributed by atoms with Gasteiger partial charge in [-0.2, -0.15) is 5.10 Å². The van der Waals surface area contributed by atoms with Gasteiger partial charge in [0.25, 0.3) is 0 Å². The molecule has 2 heterocycles. The quantitative estimate of drug-likeness (QED) is 0.768. The Bertz CT molecular complexity index is 789. The number of hydrogen-bond donors (Lipinski definition) is 2. The van der Waals surface area contributed by atoms with Crippen molar-refractivity contribution in [2.24, 2.45) is 0 Å². The summed E-state index contributed by atoms with van der Waals surface area (Å²) in [4.78, 5) is 13.3. The lowest BCUT2D eigenvalue weighted by atomic mass is 9.86. The summed E-state index contributed by atoms with van der Waals surface area (Å²) >= 11 is 0. The first-order chi connectivity index (χ1) is 13.0. The van der Waals surface area contributed by atoms with E-state index in [-0.39, 0.29) is 24.4 Å². The van der Waals surface area contributed by atoms with E-state index in [2.05, 4.69) is 15.7 Å². The molecule has 3 rings (SSSR count). The van der Waals surface area contributed by atoms with Gasteiger partial charge in [-0.3, -0.25) is 9.48 Å². The Labute approximate surface area is 172 Å². The Hall–Kier alpha value is -2.25. The summed E-state index contributed by atoms with van der Waals surface area (Å²) in [5.74, 6) is 1.33. The van der Waals surface area contributed by atoms with E-state index < -0.39 is 5.54 Å². The molecule has 0 aliphatic carbocycles. The largest absolute Gasteiger partial charge is 0.493 e. The Morgan fingerprint density at radius 2 is 1.89 bits per heavy atom. The van der Waals surface area contributed by atoms with Gasteiger partial charge in [-0.05, 0) is 69.1 Å². The summed E-state index contributed by atoms with van der Waals surface area (Å²) in [6.45, 7) is 5.58. The molecule has 0 saturated carbocycles. The molecule has 7 nitrogen and oxygen atoms in total. The van der Waals surface area contributed by atoms with E-state index in [1.165, 1.54) is 0 Å². The fraction of sp³-hybridized carbons (Fsp3) is 0.500. The molecular formula is C20H29ClN4O3. The number of hydrogen-bond acceptors (Lipinski definition) is 5. The van der Waals surface area contributed by atoms with E-state index in [0.717, 1.165) is 24.2 Å². The van der Waals surface area contributed by atoms with Crippen LogP contribution in [-0.4, -0.2) is 43.0 Å². The molecule has 1 fully saturated rings. The van der Waals surface area contributed by atoms with Crippen LogP contribution >= 0.6 is 12.4 Å². The molecule has 0 bridgehead atoms. The van der Waals surface area contributed by atoms with Crippen LogP contribution in [0.15, 0.2) is 30.6 Å². The highest BCUT2D eigenvalue weighted by atomic mass is 35.5. The molecule has 0 radical (unpaired) electrons. The zero-order valence-electron chi connectivity index (χ0n) is 16.8. The van der Waals surface area contributed by atoms with Crippen LogP contribution in [0.25, 0.3) is 0 Å². The predicted molar refractivity (Wildman–Crippen MR) is 110 cm³/mol. The van der Waals surface area contributed by atoms with E-state index in [0.29, 0.717) is 24.3 Å². The number of ether oxygens (including phenoxy) is 2. The minimum atomic E-state index is -0.659. The zero-order chi connectivity index (χ0) is 19.4. The van der Waals surface area contributed by atoms with Crippen LogP contribution < -0.4 is 20.1 Å². The number of methoxy groups -OCH3 is 2. The molecule has 0 spiro atoms. The van der Waals surface area contributed by atoms with Crippen LogP contribution in [-0.2, 0) is 10.3 Å². The van der Waals surface area contributed by atoms with Gasteiger partial charge in [0.05, 0.1) is 20.3 Å². The van der Waals surface area contributed by atoms with Gasteiger partial charge in [-0.25, -0.2) is 0 Å². The first-order valence-corrected chi connectivity index (χ1v) is 9.26. The Balaban J connectivity index is 0.00000280. The van der Waals surface area contributed by atoms with Crippen molar-refractivity contribution in [1.82, 2.24) is 20.4 Å². The van der Waals surface area contributed by atoms with Gasteiger partial charge >= 0.3 is 0 Å². The van der Waals surface area contributed by atoms with E-state index in [1.807, 2.05) is 38.2 Å². The van der Waals surface area contributed by atoms with Gasteiger partial charge in [0.2, 0.25) is 5.91 Å². The van der Waals surface area contributed by atoms with Crippen LogP contribution in [0.2, 0.25) is 0 Å². The van der Waals surface area contributed by atoms with E-state index in [1.54, 1.807) is 25.1 Å². The monoisotopic (exact) mass is 408 g/mol. The summed E-state index contributed by atoms with van der Waals surface area (Å²) in [5.41, 5.74) is 1.39. The highest BCUT2D eigenvalue weighted by molar-refractivity contribution is 5.85. The zero-order valence-corrected chi connectivity index (χ0v) is 17.6. The van der Waals surface area contributed by atoms with Crippen molar-refractivity contribution in [2.45, 2.75) is 38.3 Å². The second kappa shape index (κ2) is 9.30. The topological polar surface area (TPSA) is 77.4 Å². The number of amides is 1. The first kappa shape index (κ1) is 22.0. The van der Waals surface area contributed by atoms with Crippen LogP contribution in [0.3, 0.4) is 0 Å². The molecule has 28 heavy (non-hydrogen) atoms. The number of aryl methyl sites for hydroxylation is 1. The number of carbonyl (C=O) groups excluding carboxylic acids is 1. The normalized spacial score (nSPS) is 16.6. The number of nitrogens with one attached hydrogen (secondary N) is 2. The standard InChI is InChI=1S/C20H28N4O3.ClH/c1-14-12-17(26-3)18(27-4)13-16(14)15(2)23-19(25)20(6-9-21-10-7-20)24-11-5-8-22-24;/h5,8,11-13,15,21H,6-7,9-10H2,1-4H3,(H,23,25);1H. The number of benzene rings is 1. The summed E-state index contributed by atoms with van der Waals surface area (Å²) in [5, 5.41) is 10.9. The van der Waals surface area contributed by atoms with Gasteiger partial charge in [0.1, 0.15) is 5.54 Å². The SMILES string of the molecule is COc1cc(C)c(C(C)NC(=O)C2(n3cccn3)CCNCC2)cc1OC.Cl. The molecule has 1 saturated heterocycles. The molecule has 154 valence electrons. The Morgan fingerprint density at radius 3 is 2.46 bits per heavy atom. The maximum atomic E-state index is 13.3. The van der Waals surface area contributed by atoms with E-state index >= 15 is 0 Å². The summed E-state index contributed by atoms with van der Waals surface area (Å²) < 4.78 is 12.6. The minimum Gasteiger partial charge on any atom is -0.493 e. The van der Waals surface area contributed by atoms with Gasteiger partial charge in [-0.15, -0.1) is 12.4 Å². The number of halogens is 1. The second-order valence-corrected chi connectivity index (χ2v) is 6.99. The minimum absolute atomic E-state index is 0. The molecule has 1 aromatic carbocycles. The lowest BCUT2D eigenvalue weighted by Crippen LogP contribution is -2.55. The van der Waals surface area contributed by atoms with Crippen molar-refractivity contribution in [2.75, 3.05) is 27.3 Å². The first-order valence-electron chi connectivity index (χ1n) is 9.26. The van der Waals surface area contributed by atoms with Crippen molar-refractivity contribution < 1.29 is 14.3 Å². The Morgan fingerprint density at radius 1 is 1.25 bits per heavy atom. The molecule has 1 aliphatic rings. The average Bonchev–Trinajstić information content (AvgIpc) is 3.23. The lowest BCUT2D eigenvalue weighted by Gasteiger charge is -2.37. The lowest BCUT2D eigenvalue weighted by molar-refractivity contribution is -0.132. The second-order valence-electron chi connectivity index (χ2n) is 6.99. The number of piperidine rings is 1. The van der Waals surface area contributed by atoms with Crippen molar-refractivity contribution >= 4 is 18.3 Å². The van der Waals surface area contributed by atoms with Gasteiger partial charge < -0.3 is 20.1 Å². The molecular weight excluding hydrogens is 380 g/mol. The fourth-order valence-corrected chi connectivity index (χ4v) is 3.79. The molecule has 1 atom stereocenters. The summed E-state index contributed by atoms with van der Waals surface area (Å²) in [6.07, 6.45) is 5.01. The number of carbonyl (C=O) groups is 1.